The van der Waals surface area contributed by atoms with Crippen LogP contribution in [0.3, 0.4) is 0 Å². The maximum atomic E-state index is 5.25. The number of hydrogen-bond acceptors (Lipinski definition) is 4. The van der Waals surface area contributed by atoms with Gasteiger partial charge in [0.2, 0.25) is 0 Å². The van der Waals surface area contributed by atoms with E-state index in [2.05, 4.69) is 150 Å². The molecule has 3 heterocycles. The van der Waals surface area contributed by atoms with Gasteiger partial charge in [0.1, 0.15) is 0 Å². The summed E-state index contributed by atoms with van der Waals surface area (Å²) in [5.74, 6) is 0.706. The van der Waals surface area contributed by atoms with Crippen LogP contribution in [0.1, 0.15) is 22.4 Å². The smallest absolute Gasteiger partial charge is 0.160 e. The molecule has 0 radical (unpaired) electrons. The topological polar surface area (TPSA) is 41.9 Å². The Morgan fingerprint density at radius 1 is 0.479 bits per heavy atom. The molecule has 1 aliphatic heterocycles. The summed E-state index contributed by atoms with van der Waals surface area (Å²) < 4.78 is 0. The van der Waals surface area contributed by atoms with E-state index >= 15 is 0 Å². The normalized spacial score (nSPS) is 13.5. The second-order valence-corrected chi connectivity index (χ2v) is 12.4. The monoisotopic (exact) mass is 612 g/mol. The number of pyridine rings is 1. The molecule has 0 fully saturated rings. The molecule has 48 heavy (non-hydrogen) atoms. The highest BCUT2D eigenvalue weighted by Crippen LogP contribution is 2.63. The van der Waals surface area contributed by atoms with Crippen LogP contribution in [0.2, 0.25) is 0 Å². The third-order valence-corrected chi connectivity index (χ3v) is 9.90. The van der Waals surface area contributed by atoms with Gasteiger partial charge < -0.3 is 4.90 Å². The summed E-state index contributed by atoms with van der Waals surface area (Å²) in [5.41, 5.74) is 13.7. The second-order valence-electron chi connectivity index (χ2n) is 12.4. The van der Waals surface area contributed by atoms with E-state index < -0.39 is 5.41 Å². The first-order valence-electron chi connectivity index (χ1n) is 16.3. The Balaban J connectivity index is 1.28. The molecule has 0 amide bonds. The zero-order valence-electron chi connectivity index (χ0n) is 26.0. The van der Waals surface area contributed by atoms with E-state index in [4.69, 9.17) is 15.0 Å². The van der Waals surface area contributed by atoms with Crippen molar-refractivity contribution in [1.29, 1.82) is 0 Å². The Bertz CT molecular complexity index is 2480. The molecule has 2 aromatic heterocycles. The van der Waals surface area contributed by atoms with E-state index in [-0.39, 0.29) is 0 Å². The number of aromatic nitrogens is 3. The van der Waals surface area contributed by atoms with E-state index in [1.807, 2.05) is 24.4 Å². The van der Waals surface area contributed by atoms with Crippen molar-refractivity contribution in [2.75, 3.05) is 4.90 Å². The summed E-state index contributed by atoms with van der Waals surface area (Å²) in [5, 5.41) is 1.04. The van der Waals surface area contributed by atoms with Crippen LogP contribution in [-0.4, -0.2) is 15.0 Å². The predicted octanol–water partition coefficient (Wildman–Crippen LogP) is 10.5. The summed E-state index contributed by atoms with van der Waals surface area (Å²) in [6, 6.07) is 57.9. The fourth-order valence-corrected chi connectivity index (χ4v) is 7.95. The average molecular weight is 613 g/mol. The molecular weight excluding hydrogens is 585 g/mol. The van der Waals surface area contributed by atoms with Crippen LogP contribution in [0.4, 0.5) is 17.1 Å². The summed E-state index contributed by atoms with van der Waals surface area (Å²) in [6.45, 7) is 0. The summed E-state index contributed by atoms with van der Waals surface area (Å²) in [6.07, 6.45) is 1.93. The van der Waals surface area contributed by atoms with Gasteiger partial charge in [0.05, 0.1) is 33.7 Å². The van der Waals surface area contributed by atoms with Gasteiger partial charge in [-0.1, -0.05) is 121 Å². The molecule has 0 saturated carbocycles. The maximum absolute atomic E-state index is 5.25. The van der Waals surface area contributed by atoms with Crippen molar-refractivity contribution in [2.45, 2.75) is 5.41 Å². The van der Waals surface area contributed by atoms with Gasteiger partial charge in [-0.3, -0.25) is 4.98 Å². The van der Waals surface area contributed by atoms with Crippen LogP contribution in [-0.2, 0) is 5.41 Å². The minimum absolute atomic E-state index is 0.639. The Labute approximate surface area is 278 Å². The van der Waals surface area contributed by atoms with Gasteiger partial charge in [-0.2, -0.15) is 0 Å². The molecule has 0 atom stereocenters. The standard InChI is InChI=1S/C44H28N4/c1-3-14-29(15-4-1)41-34-18-7-10-22-38(34)46-43(47-41)30-25-26-32-33-19-13-27-45-42(33)44(37(32)28-30)35-20-8-11-23-39(35)48(31-16-5-2-6-17-31)40-24-12-9-21-36(40)44/h1-28H. The Kier molecular flexibility index (Phi) is 5.75. The Morgan fingerprint density at radius 2 is 1.15 bits per heavy atom. The lowest BCUT2D eigenvalue weighted by atomic mass is 9.66. The number of para-hydroxylation sites is 4. The molecule has 1 aliphatic carbocycles. The van der Waals surface area contributed by atoms with Gasteiger partial charge in [-0.25, -0.2) is 9.97 Å². The Morgan fingerprint density at radius 3 is 1.92 bits per heavy atom. The number of rotatable bonds is 3. The van der Waals surface area contributed by atoms with Gasteiger partial charge in [0, 0.05) is 34.0 Å². The van der Waals surface area contributed by atoms with Crippen molar-refractivity contribution < 1.29 is 0 Å². The minimum atomic E-state index is -0.639. The molecule has 0 N–H and O–H groups in total. The quantitative estimate of drug-likeness (QED) is 0.199. The van der Waals surface area contributed by atoms with E-state index in [1.165, 1.54) is 22.3 Å². The van der Waals surface area contributed by atoms with Crippen LogP contribution in [0, 0.1) is 0 Å². The molecule has 224 valence electrons. The molecule has 0 saturated heterocycles. The largest absolute Gasteiger partial charge is 0.310 e. The highest BCUT2D eigenvalue weighted by molar-refractivity contribution is 5.97. The molecule has 6 aromatic carbocycles. The van der Waals surface area contributed by atoms with Crippen molar-refractivity contribution in [3.63, 3.8) is 0 Å². The van der Waals surface area contributed by atoms with Gasteiger partial charge in [0.15, 0.2) is 5.82 Å². The van der Waals surface area contributed by atoms with Crippen molar-refractivity contribution in [2.24, 2.45) is 0 Å². The first-order valence-corrected chi connectivity index (χ1v) is 16.3. The van der Waals surface area contributed by atoms with Crippen LogP contribution in [0.5, 0.6) is 0 Å². The van der Waals surface area contributed by atoms with Gasteiger partial charge in [0.25, 0.3) is 0 Å². The molecule has 10 rings (SSSR count). The number of hydrogen-bond donors (Lipinski definition) is 0. The third-order valence-electron chi connectivity index (χ3n) is 9.90. The average Bonchev–Trinajstić information content (AvgIpc) is 3.45. The SMILES string of the molecule is c1ccc(-c2nc(-c3ccc4c(c3)C3(c5ccccc5N(c5ccccc5)c5ccccc53)c3ncccc3-4)nc3ccccc23)cc1. The zero-order chi connectivity index (χ0) is 31.7. The van der Waals surface area contributed by atoms with Crippen molar-refractivity contribution in [3.8, 4) is 33.8 Å². The lowest BCUT2D eigenvalue weighted by Gasteiger charge is -2.44. The third kappa shape index (κ3) is 3.68. The first-order chi connectivity index (χ1) is 23.8. The fraction of sp³-hybridized carbons (Fsp3) is 0.0227. The highest BCUT2D eigenvalue weighted by atomic mass is 15.2. The Hall–Kier alpha value is -6.39. The van der Waals surface area contributed by atoms with Crippen molar-refractivity contribution >= 4 is 28.0 Å². The minimum Gasteiger partial charge on any atom is -0.310 e. The second kappa shape index (κ2) is 10.3. The maximum Gasteiger partial charge on any atom is 0.160 e. The molecule has 0 bridgehead atoms. The van der Waals surface area contributed by atoms with Gasteiger partial charge in [-0.15, -0.1) is 0 Å². The molecule has 8 aromatic rings. The molecule has 0 unspecified atom stereocenters. The van der Waals surface area contributed by atoms with Crippen LogP contribution < -0.4 is 4.90 Å². The fourth-order valence-electron chi connectivity index (χ4n) is 7.95. The molecule has 4 nitrogen and oxygen atoms in total. The highest BCUT2D eigenvalue weighted by Gasteiger charge is 2.53. The number of fused-ring (bicyclic) bond motifs is 10. The number of anilines is 3. The number of benzene rings is 6. The molecule has 4 heteroatoms. The summed E-state index contributed by atoms with van der Waals surface area (Å²) in [4.78, 5) is 18.0. The van der Waals surface area contributed by atoms with Crippen molar-refractivity contribution in [1.82, 2.24) is 15.0 Å². The van der Waals surface area contributed by atoms with Gasteiger partial charge in [-0.05, 0) is 64.7 Å². The lowest BCUT2D eigenvalue weighted by Crippen LogP contribution is -2.36. The number of nitrogens with zero attached hydrogens (tertiary/aromatic N) is 4. The van der Waals surface area contributed by atoms with E-state index in [1.54, 1.807) is 0 Å². The molecule has 1 spiro atoms. The van der Waals surface area contributed by atoms with E-state index in [0.29, 0.717) is 5.82 Å². The zero-order valence-corrected chi connectivity index (χ0v) is 26.0. The summed E-state index contributed by atoms with van der Waals surface area (Å²) in [7, 11) is 0. The van der Waals surface area contributed by atoms with Gasteiger partial charge >= 0.3 is 0 Å². The molecule has 2 aliphatic rings. The van der Waals surface area contributed by atoms with Crippen LogP contribution in [0.15, 0.2) is 170 Å². The van der Waals surface area contributed by atoms with E-state index in [0.717, 1.165) is 56.0 Å². The van der Waals surface area contributed by atoms with E-state index in [9.17, 15) is 0 Å². The van der Waals surface area contributed by atoms with Crippen LogP contribution in [0.25, 0.3) is 44.7 Å². The molecular formula is C44H28N4. The predicted molar refractivity (Wildman–Crippen MR) is 194 cm³/mol. The first kappa shape index (κ1) is 26.8. The summed E-state index contributed by atoms with van der Waals surface area (Å²) >= 11 is 0. The van der Waals surface area contributed by atoms with Crippen LogP contribution >= 0.6 is 0 Å². The lowest BCUT2D eigenvalue weighted by molar-refractivity contribution is 0.725. The van der Waals surface area contributed by atoms with Crippen molar-refractivity contribution in [3.05, 3.63) is 192 Å².